The van der Waals surface area contributed by atoms with Crippen molar-refractivity contribution < 1.29 is 17.6 Å². The molecule has 6 heteroatoms. The van der Waals surface area contributed by atoms with E-state index in [0.29, 0.717) is 0 Å². The average Bonchev–Trinajstić information content (AvgIpc) is 2.42. The highest BCUT2D eigenvalue weighted by molar-refractivity contribution is 5.27. The van der Waals surface area contributed by atoms with E-state index in [2.05, 4.69) is 5.43 Å². The van der Waals surface area contributed by atoms with Crippen LogP contribution in [0, 0.1) is 23.3 Å². The average molecular weight is 284 g/mol. The zero-order chi connectivity index (χ0) is 14.7. The second-order valence-corrected chi connectivity index (χ2v) is 4.27. The standard InChI is InChI=1S/C14H12F4N2/c15-10-4-2-5-11(16)9(10)7-13(20-19)8-3-1-6-12(17)14(8)18/h1-6,13,20H,7,19H2. The molecule has 0 aliphatic rings. The van der Waals surface area contributed by atoms with Crippen LogP contribution in [0.2, 0.25) is 0 Å². The van der Waals surface area contributed by atoms with Crippen molar-refractivity contribution in [3.8, 4) is 0 Å². The maximum Gasteiger partial charge on any atom is 0.163 e. The first kappa shape index (κ1) is 14.5. The van der Waals surface area contributed by atoms with Crippen molar-refractivity contribution in [1.82, 2.24) is 5.43 Å². The van der Waals surface area contributed by atoms with Gasteiger partial charge in [0.25, 0.3) is 0 Å². The molecule has 0 saturated carbocycles. The van der Waals surface area contributed by atoms with Crippen LogP contribution in [0.25, 0.3) is 0 Å². The van der Waals surface area contributed by atoms with Crippen molar-refractivity contribution >= 4 is 0 Å². The molecular formula is C14H12F4N2. The molecule has 3 N–H and O–H groups in total. The second-order valence-electron chi connectivity index (χ2n) is 4.27. The van der Waals surface area contributed by atoms with Crippen molar-refractivity contribution in [2.24, 2.45) is 5.84 Å². The summed E-state index contributed by atoms with van der Waals surface area (Å²) in [5, 5.41) is 0. The number of halogens is 4. The fourth-order valence-corrected chi connectivity index (χ4v) is 1.98. The van der Waals surface area contributed by atoms with E-state index in [1.807, 2.05) is 0 Å². The summed E-state index contributed by atoms with van der Waals surface area (Å²) < 4.78 is 54.0. The molecule has 2 rings (SSSR count). The monoisotopic (exact) mass is 284 g/mol. The number of hydrazine groups is 1. The van der Waals surface area contributed by atoms with Crippen molar-refractivity contribution in [2.45, 2.75) is 12.5 Å². The van der Waals surface area contributed by atoms with Crippen LogP contribution in [0.3, 0.4) is 0 Å². The van der Waals surface area contributed by atoms with Gasteiger partial charge in [0, 0.05) is 11.1 Å². The quantitative estimate of drug-likeness (QED) is 0.514. The van der Waals surface area contributed by atoms with Gasteiger partial charge in [-0.2, -0.15) is 0 Å². The highest BCUT2D eigenvalue weighted by Crippen LogP contribution is 2.24. The van der Waals surface area contributed by atoms with E-state index < -0.39 is 29.3 Å². The molecule has 2 aromatic carbocycles. The van der Waals surface area contributed by atoms with Crippen LogP contribution in [-0.4, -0.2) is 0 Å². The molecule has 1 unspecified atom stereocenters. The first-order chi connectivity index (χ1) is 9.54. The van der Waals surface area contributed by atoms with Gasteiger partial charge in [-0.1, -0.05) is 18.2 Å². The number of hydrogen-bond donors (Lipinski definition) is 2. The van der Waals surface area contributed by atoms with Gasteiger partial charge in [0.05, 0.1) is 6.04 Å². The summed E-state index contributed by atoms with van der Waals surface area (Å²) >= 11 is 0. The van der Waals surface area contributed by atoms with Crippen molar-refractivity contribution in [3.05, 3.63) is 70.8 Å². The van der Waals surface area contributed by atoms with Gasteiger partial charge in [-0.3, -0.25) is 11.3 Å². The van der Waals surface area contributed by atoms with E-state index in [1.54, 1.807) is 0 Å². The molecule has 2 aromatic rings. The van der Waals surface area contributed by atoms with Crippen molar-refractivity contribution in [1.29, 1.82) is 0 Å². The van der Waals surface area contributed by atoms with Gasteiger partial charge < -0.3 is 0 Å². The van der Waals surface area contributed by atoms with E-state index in [0.717, 1.165) is 18.2 Å². The summed E-state index contributed by atoms with van der Waals surface area (Å²) in [5.74, 6) is 1.63. The molecule has 0 amide bonds. The molecule has 0 saturated heterocycles. The molecule has 0 bridgehead atoms. The predicted octanol–water partition coefficient (Wildman–Crippen LogP) is 2.99. The molecule has 0 aromatic heterocycles. The molecule has 0 aliphatic carbocycles. The van der Waals surface area contributed by atoms with E-state index in [4.69, 9.17) is 5.84 Å². The lowest BCUT2D eigenvalue weighted by atomic mass is 9.98. The molecule has 2 nitrogen and oxygen atoms in total. The molecule has 20 heavy (non-hydrogen) atoms. The Morgan fingerprint density at radius 3 is 2.05 bits per heavy atom. The van der Waals surface area contributed by atoms with E-state index in [-0.39, 0.29) is 17.5 Å². The Kier molecular flexibility index (Phi) is 4.36. The summed E-state index contributed by atoms with van der Waals surface area (Å²) in [6.07, 6.45) is -0.241. The predicted molar refractivity (Wildman–Crippen MR) is 66.5 cm³/mol. The third-order valence-electron chi connectivity index (χ3n) is 3.03. The van der Waals surface area contributed by atoms with Crippen LogP contribution >= 0.6 is 0 Å². The summed E-state index contributed by atoms with van der Waals surface area (Å²) in [6, 6.07) is 6.02. The molecule has 0 fully saturated rings. The summed E-state index contributed by atoms with van der Waals surface area (Å²) in [6.45, 7) is 0. The van der Waals surface area contributed by atoms with E-state index >= 15 is 0 Å². The Morgan fingerprint density at radius 1 is 0.900 bits per heavy atom. The van der Waals surface area contributed by atoms with Crippen LogP contribution in [0.4, 0.5) is 17.6 Å². The van der Waals surface area contributed by atoms with Gasteiger partial charge in [-0.05, 0) is 24.6 Å². The zero-order valence-electron chi connectivity index (χ0n) is 10.3. The highest BCUT2D eigenvalue weighted by Gasteiger charge is 2.20. The summed E-state index contributed by atoms with van der Waals surface area (Å²) in [7, 11) is 0. The fraction of sp³-hybridized carbons (Fsp3) is 0.143. The van der Waals surface area contributed by atoms with Crippen LogP contribution in [-0.2, 0) is 6.42 Å². The number of hydrogen-bond acceptors (Lipinski definition) is 2. The molecule has 0 spiro atoms. The van der Waals surface area contributed by atoms with E-state index in [1.165, 1.54) is 18.2 Å². The Labute approximate surface area is 113 Å². The van der Waals surface area contributed by atoms with Crippen LogP contribution < -0.4 is 11.3 Å². The van der Waals surface area contributed by atoms with Gasteiger partial charge in [0.15, 0.2) is 11.6 Å². The van der Waals surface area contributed by atoms with Crippen LogP contribution in [0.15, 0.2) is 36.4 Å². The van der Waals surface area contributed by atoms with Gasteiger partial charge in [0.1, 0.15) is 11.6 Å². The van der Waals surface area contributed by atoms with E-state index in [9.17, 15) is 17.6 Å². The first-order valence-electron chi connectivity index (χ1n) is 5.87. The lowest BCUT2D eigenvalue weighted by Gasteiger charge is -2.18. The molecular weight excluding hydrogens is 272 g/mol. The number of nitrogens with two attached hydrogens (primary N) is 1. The SMILES string of the molecule is NNC(Cc1c(F)cccc1F)c1cccc(F)c1F. The van der Waals surface area contributed by atoms with Gasteiger partial charge in [-0.15, -0.1) is 0 Å². The van der Waals surface area contributed by atoms with Crippen molar-refractivity contribution in [2.75, 3.05) is 0 Å². The third-order valence-corrected chi connectivity index (χ3v) is 3.03. The number of nitrogens with one attached hydrogen (secondary N) is 1. The topological polar surface area (TPSA) is 38.0 Å². The van der Waals surface area contributed by atoms with Crippen molar-refractivity contribution in [3.63, 3.8) is 0 Å². The lowest BCUT2D eigenvalue weighted by Crippen LogP contribution is -2.31. The smallest absolute Gasteiger partial charge is 0.163 e. The molecule has 1 atom stereocenters. The Morgan fingerprint density at radius 2 is 1.45 bits per heavy atom. The van der Waals surface area contributed by atoms with Gasteiger partial charge in [-0.25, -0.2) is 17.6 Å². The molecule has 106 valence electrons. The Bertz CT molecular complexity index is 596. The highest BCUT2D eigenvalue weighted by atomic mass is 19.2. The van der Waals surface area contributed by atoms with Gasteiger partial charge in [0.2, 0.25) is 0 Å². The lowest BCUT2D eigenvalue weighted by molar-refractivity contribution is 0.453. The molecule has 0 aliphatic heterocycles. The Balaban J connectivity index is 2.37. The minimum atomic E-state index is -1.09. The number of rotatable bonds is 4. The maximum atomic E-state index is 13.7. The third kappa shape index (κ3) is 2.81. The minimum Gasteiger partial charge on any atom is -0.271 e. The second kappa shape index (κ2) is 6.02. The van der Waals surface area contributed by atoms with Crippen LogP contribution in [0.5, 0.6) is 0 Å². The summed E-state index contributed by atoms with van der Waals surface area (Å²) in [5.41, 5.74) is 1.92. The minimum absolute atomic E-state index is 0.0878. The fourth-order valence-electron chi connectivity index (χ4n) is 1.98. The Hall–Kier alpha value is -1.92. The zero-order valence-corrected chi connectivity index (χ0v) is 10.3. The number of benzene rings is 2. The first-order valence-corrected chi connectivity index (χ1v) is 5.87. The summed E-state index contributed by atoms with van der Waals surface area (Å²) in [4.78, 5) is 0. The molecule has 0 radical (unpaired) electrons. The molecule has 0 heterocycles. The van der Waals surface area contributed by atoms with Gasteiger partial charge >= 0.3 is 0 Å². The maximum absolute atomic E-state index is 13.7. The van der Waals surface area contributed by atoms with Crippen LogP contribution in [0.1, 0.15) is 17.2 Å². The largest absolute Gasteiger partial charge is 0.271 e. The normalized spacial score (nSPS) is 12.4.